The van der Waals surface area contributed by atoms with Crippen LogP contribution in [0.2, 0.25) is 10.0 Å². The minimum absolute atomic E-state index is 0.161. The summed E-state index contributed by atoms with van der Waals surface area (Å²) in [6, 6.07) is 14.3. The van der Waals surface area contributed by atoms with Crippen molar-refractivity contribution < 1.29 is 19.2 Å². The minimum atomic E-state index is -0.811. The van der Waals surface area contributed by atoms with Gasteiger partial charge in [0.2, 0.25) is 23.6 Å². The van der Waals surface area contributed by atoms with Crippen molar-refractivity contribution in [3.05, 3.63) is 80.8 Å². The van der Waals surface area contributed by atoms with E-state index in [1.807, 2.05) is 31.2 Å². The summed E-state index contributed by atoms with van der Waals surface area (Å²) >= 11 is 12.1. The van der Waals surface area contributed by atoms with Crippen molar-refractivity contribution >= 4 is 46.8 Å². The summed E-state index contributed by atoms with van der Waals surface area (Å²) < 4.78 is 0. The normalized spacial score (nSPS) is 34.5. The highest BCUT2D eigenvalue weighted by atomic mass is 35.5. The summed E-state index contributed by atoms with van der Waals surface area (Å²) in [4.78, 5) is 59.6. The Labute approximate surface area is 243 Å². The first-order chi connectivity index (χ1) is 19.1. The molecule has 6 aliphatic rings. The predicted octanol–water partition coefficient (Wildman–Crippen LogP) is 5.66. The fourth-order valence-electron chi connectivity index (χ4n) is 8.94. The largest absolute Gasteiger partial charge is 0.278 e. The van der Waals surface area contributed by atoms with Crippen molar-refractivity contribution in [2.45, 2.75) is 46.2 Å². The molecule has 1 spiro atoms. The molecule has 2 aliphatic heterocycles. The Balaban J connectivity index is 1.32. The van der Waals surface area contributed by atoms with E-state index in [4.69, 9.17) is 23.2 Å². The van der Waals surface area contributed by atoms with Crippen LogP contribution < -0.4 is 0 Å². The number of nitrogens with zero attached hydrogens (tertiary/aromatic N) is 2. The van der Waals surface area contributed by atoms with Crippen molar-refractivity contribution in [3.63, 3.8) is 0 Å². The fraction of sp³-hybridized carbons (Fsp3) is 0.438. The van der Waals surface area contributed by atoms with Gasteiger partial charge in [-0.15, -0.1) is 0 Å². The Morgan fingerprint density at radius 3 is 1.62 bits per heavy atom. The third kappa shape index (κ3) is 3.41. The third-order valence-corrected chi connectivity index (χ3v) is 10.9. The monoisotopic (exact) mass is 576 g/mol. The standard InChI is InChI=1S/C32H30Cl2N2O4/c1-16-3-12-22-17(2)23-24-26(30(39)35(28(24)37)14-18-4-8-20(33)9-5-18)32(22,13-16)27-25(23)29(38)36(31(27)40)15-19-6-10-21(34)11-7-19/h4-11,16,23-27H,3,12-15H2,1-2H3/t16-,23?,24-,25+,26-,27-,32?/m0/s1. The Morgan fingerprint density at radius 1 is 0.725 bits per heavy atom. The number of imide groups is 2. The molecule has 0 radical (unpaired) electrons. The molecule has 4 amide bonds. The van der Waals surface area contributed by atoms with Crippen LogP contribution in [0.5, 0.6) is 0 Å². The van der Waals surface area contributed by atoms with Gasteiger partial charge in [-0.3, -0.25) is 29.0 Å². The molecule has 2 heterocycles. The van der Waals surface area contributed by atoms with Crippen LogP contribution in [-0.2, 0) is 32.3 Å². The maximum absolute atomic E-state index is 14.3. The van der Waals surface area contributed by atoms with Crippen molar-refractivity contribution in [2.75, 3.05) is 0 Å². The van der Waals surface area contributed by atoms with Gasteiger partial charge in [-0.05, 0) is 67.5 Å². The lowest BCUT2D eigenvalue weighted by atomic mass is 9.39. The van der Waals surface area contributed by atoms with Gasteiger partial charge in [0, 0.05) is 21.4 Å². The van der Waals surface area contributed by atoms with E-state index in [1.54, 1.807) is 24.3 Å². The minimum Gasteiger partial charge on any atom is -0.278 e. The van der Waals surface area contributed by atoms with Crippen LogP contribution in [0.3, 0.4) is 0 Å². The number of carbonyl (C=O) groups is 4. The van der Waals surface area contributed by atoms with Gasteiger partial charge >= 0.3 is 0 Å². The van der Waals surface area contributed by atoms with E-state index < -0.39 is 35.0 Å². The van der Waals surface area contributed by atoms with Crippen LogP contribution in [0.1, 0.15) is 44.2 Å². The summed E-state index contributed by atoms with van der Waals surface area (Å²) in [7, 11) is 0. The maximum atomic E-state index is 14.3. The molecular formula is C32H30Cl2N2O4. The highest BCUT2D eigenvalue weighted by Gasteiger charge is 2.77. The number of likely N-dealkylation sites (tertiary alicyclic amines) is 2. The Morgan fingerprint density at radius 2 is 1.18 bits per heavy atom. The SMILES string of the molecule is CC1=C2CC[C@H](C)CC23[C@@H]2C(=O)N(Cc4ccc(Cl)cc4)C(=O)[C@@H]2C1[C@@H]1C(=O)N(Cc2ccc(Cl)cc2)C(=O)[C@H]13. The molecule has 4 aliphatic carbocycles. The summed E-state index contributed by atoms with van der Waals surface area (Å²) in [5, 5.41) is 1.17. The fourth-order valence-corrected chi connectivity index (χ4v) is 9.19. The maximum Gasteiger partial charge on any atom is 0.234 e. The van der Waals surface area contributed by atoms with E-state index >= 15 is 0 Å². The van der Waals surface area contributed by atoms with Gasteiger partial charge in [0.15, 0.2) is 0 Å². The molecule has 0 aromatic heterocycles. The average Bonchev–Trinajstić information content (AvgIpc) is 3.33. The number of hydrogen-bond acceptors (Lipinski definition) is 4. The van der Waals surface area contributed by atoms with E-state index in [-0.39, 0.29) is 42.6 Å². The molecule has 206 valence electrons. The van der Waals surface area contributed by atoms with Crippen LogP contribution in [-0.4, -0.2) is 33.4 Å². The van der Waals surface area contributed by atoms with Gasteiger partial charge in [0.05, 0.1) is 36.8 Å². The molecule has 0 N–H and O–H groups in total. The Bertz CT molecular complexity index is 1410. The van der Waals surface area contributed by atoms with Gasteiger partial charge in [-0.1, -0.05) is 65.5 Å². The average molecular weight is 578 g/mol. The number of benzene rings is 2. The van der Waals surface area contributed by atoms with Crippen molar-refractivity contribution in [2.24, 2.45) is 40.9 Å². The van der Waals surface area contributed by atoms with Crippen molar-refractivity contribution in [1.29, 1.82) is 0 Å². The number of allylic oxidation sites excluding steroid dienone is 2. The van der Waals surface area contributed by atoms with E-state index in [9.17, 15) is 19.2 Å². The second-order valence-electron chi connectivity index (χ2n) is 12.4. The molecule has 2 unspecified atom stereocenters. The lowest BCUT2D eigenvalue weighted by molar-refractivity contribution is -0.154. The molecule has 6 nitrogen and oxygen atoms in total. The van der Waals surface area contributed by atoms with Gasteiger partial charge in [0.1, 0.15) is 0 Å². The summed E-state index contributed by atoms with van der Waals surface area (Å²) in [6.45, 7) is 4.52. The number of halogens is 2. The molecule has 2 bridgehead atoms. The Kier molecular flexibility index (Phi) is 5.86. The smallest absolute Gasteiger partial charge is 0.234 e. The van der Waals surface area contributed by atoms with Gasteiger partial charge in [-0.2, -0.15) is 0 Å². The zero-order chi connectivity index (χ0) is 28.1. The molecule has 8 rings (SSSR count). The van der Waals surface area contributed by atoms with E-state index in [1.165, 1.54) is 9.80 Å². The van der Waals surface area contributed by atoms with Gasteiger partial charge < -0.3 is 0 Å². The van der Waals surface area contributed by atoms with Crippen molar-refractivity contribution in [1.82, 2.24) is 9.80 Å². The number of rotatable bonds is 4. The molecule has 2 aromatic rings. The highest BCUT2D eigenvalue weighted by Crippen LogP contribution is 2.72. The topological polar surface area (TPSA) is 74.8 Å². The molecule has 7 atom stereocenters. The first kappa shape index (κ1) is 26.0. The van der Waals surface area contributed by atoms with Crippen LogP contribution in [0.25, 0.3) is 0 Å². The van der Waals surface area contributed by atoms with Crippen LogP contribution in [0.15, 0.2) is 59.7 Å². The lowest BCUT2D eigenvalue weighted by Gasteiger charge is -2.61. The zero-order valence-corrected chi connectivity index (χ0v) is 23.9. The van der Waals surface area contributed by atoms with Gasteiger partial charge in [0.25, 0.3) is 0 Å². The second kappa shape index (κ2) is 9.02. The van der Waals surface area contributed by atoms with Crippen LogP contribution >= 0.6 is 23.2 Å². The van der Waals surface area contributed by atoms with Gasteiger partial charge in [-0.25, -0.2) is 0 Å². The Hall–Kier alpha value is -2.96. The third-order valence-electron chi connectivity index (χ3n) is 10.4. The molecule has 2 saturated carbocycles. The predicted molar refractivity (Wildman–Crippen MR) is 150 cm³/mol. The van der Waals surface area contributed by atoms with Crippen molar-refractivity contribution in [3.8, 4) is 0 Å². The molecule has 8 heteroatoms. The highest BCUT2D eigenvalue weighted by molar-refractivity contribution is 6.30. The van der Waals surface area contributed by atoms with Crippen LogP contribution in [0.4, 0.5) is 0 Å². The second-order valence-corrected chi connectivity index (χ2v) is 13.2. The number of amides is 4. The van der Waals surface area contributed by atoms with Crippen LogP contribution in [0, 0.1) is 40.9 Å². The van der Waals surface area contributed by atoms with E-state index in [0.29, 0.717) is 16.5 Å². The summed E-state index contributed by atoms with van der Waals surface area (Å²) in [5.41, 5.74) is 3.03. The lowest BCUT2D eigenvalue weighted by Crippen LogP contribution is -2.62. The summed E-state index contributed by atoms with van der Waals surface area (Å²) in [6.07, 6.45) is 2.41. The molecular weight excluding hydrogens is 547 g/mol. The van der Waals surface area contributed by atoms with E-state index in [0.717, 1.165) is 35.1 Å². The molecule has 2 saturated heterocycles. The first-order valence-corrected chi connectivity index (χ1v) is 14.8. The number of carbonyl (C=O) groups excluding carboxylic acids is 4. The summed E-state index contributed by atoms with van der Waals surface area (Å²) in [5.74, 6) is -3.51. The first-order valence-electron chi connectivity index (χ1n) is 14.0. The molecule has 2 aromatic carbocycles. The van der Waals surface area contributed by atoms with E-state index in [2.05, 4.69) is 6.92 Å². The molecule has 40 heavy (non-hydrogen) atoms. The zero-order valence-electron chi connectivity index (χ0n) is 22.4. The quantitative estimate of drug-likeness (QED) is 0.347. The molecule has 4 fully saturated rings. The number of hydrogen-bond donors (Lipinski definition) is 0.